The maximum atomic E-state index is 6.17. The fourth-order valence-electron chi connectivity index (χ4n) is 2.74. The molecule has 0 aliphatic heterocycles. The van der Waals surface area contributed by atoms with Crippen molar-refractivity contribution in [3.8, 4) is 22.6 Å². The molecule has 0 aliphatic rings. The van der Waals surface area contributed by atoms with Crippen LogP contribution < -0.4 is 14.7 Å². The van der Waals surface area contributed by atoms with Gasteiger partial charge in [-0.1, -0.05) is 49.4 Å². The predicted octanol–water partition coefficient (Wildman–Crippen LogP) is 3.54. The minimum Gasteiger partial charge on any atom is -0.493 e. The van der Waals surface area contributed by atoms with Crippen LogP contribution >= 0.6 is 0 Å². The Hall–Kier alpha value is -1.74. The van der Waals surface area contributed by atoms with Gasteiger partial charge in [0.05, 0.1) is 18.8 Å². The van der Waals surface area contributed by atoms with Gasteiger partial charge >= 0.3 is 0 Å². The van der Waals surface area contributed by atoms with Gasteiger partial charge in [0, 0.05) is 10.2 Å². The predicted molar refractivity (Wildman–Crippen MR) is 102 cm³/mol. The molecule has 2 rings (SSSR count). The molecule has 0 fully saturated rings. The highest BCUT2D eigenvalue weighted by molar-refractivity contribution is 6.35. The molecule has 3 heteroatoms. The largest absolute Gasteiger partial charge is 0.493 e. The van der Waals surface area contributed by atoms with Crippen LogP contribution in [0.3, 0.4) is 0 Å². The lowest BCUT2D eigenvalue weighted by Gasteiger charge is -2.23. The van der Waals surface area contributed by atoms with Crippen molar-refractivity contribution in [2.24, 2.45) is 0 Å². The Morgan fingerprint density at radius 2 is 1.30 bits per heavy atom. The quantitative estimate of drug-likeness (QED) is 0.724. The molecular formula is C20H28O2Si. The lowest BCUT2D eigenvalue weighted by atomic mass is 9.97. The van der Waals surface area contributed by atoms with Crippen LogP contribution in [0.15, 0.2) is 30.3 Å². The van der Waals surface area contributed by atoms with E-state index in [1.54, 1.807) is 0 Å². The maximum absolute atomic E-state index is 6.17. The summed E-state index contributed by atoms with van der Waals surface area (Å²) in [7, 11) is 0.993. The monoisotopic (exact) mass is 328 g/mol. The molecule has 0 saturated carbocycles. The van der Waals surface area contributed by atoms with E-state index in [0.717, 1.165) is 58.9 Å². The minimum absolute atomic E-state index is 0.734. The van der Waals surface area contributed by atoms with Gasteiger partial charge in [0.1, 0.15) is 11.5 Å². The van der Waals surface area contributed by atoms with Gasteiger partial charge in [-0.2, -0.15) is 0 Å². The van der Waals surface area contributed by atoms with E-state index >= 15 is 0 Å². The van der Waals surface area contributed by atoms with Crippen LogP contribution in [0.1, 0.15) is 37.8 Å². The zero-order chi connectivity index (χ0) is 16.8. The first-order valence-corrected chi connectivity index (χ1v) is 9.56. The lowest BCUT2D eigenvalue weighted by molar-refractivity contribution is 0.302. The molecule has 23 heavy (non-hydrogen) atoms. The molecule has 0 radical (unpaired) electrons. The third kappa shape index (κ3) is 3.78. The summed E-state index contributed by atoms with van der Waals surface area (Å²) in [6.45, 7) is 10.1. The van der Waals surface area contributed by atoms with Crippen LogP contribution in [0.2, 0.25) is 0 Å². The SMILES string of the molecule is CCCOc1c(C)c([SiH3])c(C)c(OCCC)c1-c1ccccc1. The fraction of sp³-hybridized carbons (Fsp3) is 0.400. The minimum atomic E-state index is 0.734. The molecular weight excluding hydrogens is 300 g/mol. The van der Waals surface area contributed by atoms with E-state index in [2.05, 4.69) is 52.0 Å². The van der Waals surface area contributed by atoms with Crippen LogP contribution in [0, 0.1) is 13.8 Å². The molecule has 2 aromatic rings. The summed E-state index contributed by atoms with van der Waals surface area (Å²) in [4.78, 5) is 0. The highest BCUT2D eigenvalue weighted by Gasteiger charge is 2.21. The molecule has 0 heterocycles. The molecule has 0 atom stereocenters. The van der Waals surface area contributed by atoms with Crippen LogP contribution in [0.4, 0.5) is 0 Å². The molecule has 0 amide bonds. The first-order chi connectivity index (χ1) is 11.1. The van der Waals surface area contributed by atoms with Gasteiger partial charge in [-0.25, -0.2) is 0 Å². The molecule has 2 aromatic carbocycles. The van der Waals surface area contributed by atoms with E-state index in [1.165, 1.54) is 16.3 Å². The van der Waals surface area contributed by atoms with Gasteiger partial charge in [0.2, 0.25) is 0 Å². The maximum Gasteiger partial charge on any atom is 0.133 e. The second-order valence-electron chi connectivity index (χ2n) is 5.97. The van der Waals surface area contributed by atoms with Crippen LogP contribution in [-0.4, -0.2) is 23.5 Å². The van der Waals surface area contributed by atoms with E-state index in [-0.39, 0.29) is 0 Å². The van der Waals surface area contributed by atoms with E-state index in [0.29, 0.717) is 0 Å². The number of ether oxygens (including phenoxy) is 2. The summed E-state index contributed by atoms with van der Waals surface area (Å²) < 4.78 is 12.3. The van der Waals surface area contributed by atoms with Crippen LogP contribution in [0.5, 0.6) is 11.5 Å². The van der Waals surface area contributed by atoms with Gasteiger partial charge in [0.15, 0.2) is 0 Å². The average molecular weight is 329 g/mol. The van der Waals surface area contributed by atoms with E-state index in [9.17, 15) is 0 Å². The van der Waals surface area contributed by atoms with E-state index < -0.39 is 0 Å². The molecule has 0 unspecified atom stereocenters. The number of hydrogen-bond acceptors (Lipinski definition) is 2. The normalized spacial score (nSPS) is 10.8. The number of hydrogen-bond donors (Lipinski definition) is 0. The Morgan fingerprint density at radius 3 is 1.74 bits per heavy atom. The Bertz CT molecular complexity index is 615. The van der Waals surface area contributed by atoms with Gasteiger partial charge in [-0.05, 0) is 43.4 Å². The third-order valence-corrected chi connectivity index (χ3v) is 5.72. The Kier molecular flexibility index (Phi) is 6.28. The van der Waals surface area contributed by atoms with E-state index in [4.69, 9.17) is 9.47 Å². The second-order valence-corrected chi connectivity index (χ2v) is 6.97. The van der Waals surface area contributed by atoms with Gasteiger partial charge < -0.3 is 9.47 Å². The van der Waals surface area contributed by atoms with Gasteiger partial charge in [-0.3, -0.25) is 0 Å². The summed E-state index contributed by atoms with van der Waals surface area (Å²) in [6.07, 6.45) is 2.01. The molecule has 0 aliphatic carbocycles. The van der Waals surface area contributed by atoms with Crippen molar-refractivity contribution in [3.05, 3.63) is 41.5 Å². The van der Waals surface area contributed by atoms with Crippen molar-refractivity contribution >= 4 is 15.4 Å². The van der Waals surface area contributed by atoms with E-state index in [1.807, 2.05) is 6.07 Å². The van der Waals surface area contributed by atoms with Crippen LogP contribution in [-0.2, 0) is 0 Å². The van der Waals surface area contributed by atoms with Gasteiger partial charge in [0.25, 0.3) is 0 Å². The van der Waals surface area contributed by atoms with Crippen molar-refractivity contribution < 1.29 is 9.47 Å². The summed E-state index contributed by atoms with van der Waals surface area (Å²) >= 11 is 0. The summed E-state index contributed by atoms with van der Waals surface area (Å²) in [6, 6.07) is 10.5. The molecule has 2 nitrogen and oxygen atoms in total. The topological polar surface area (TPSA) is 18.5 Å². The Balaban J connectivity index is 2.70. The zero-order valence-corrected chi connectivity index (χ0v) is 17.0. The molecule has 0 saturated heterocycles. The summed E-state index contributed by atoms with van der Waals surface area (Å²) in [5.41, 5.74) is 4.82. The van der Waals surface area contributed by atoms with Gasteiger partial charge in [-0.15, -0.1) is 0 Å². The molecule has 0 spiro atoms. The van der Waals surface area contributed by atoms with Crippen molar-refractivity contribution in [1.29, 1.82) is 0 Å². The average Bonchev–Trinajstić information content (AvgIpc) is 2.58. The Morgan fingerprint density at radius 1 is 0.826 bits per heavy atom. The zero-order valence-electron chi connectivity index (χ0n) is 15.0. The van der Waals surface area contributed by atoms with Crippen LogP contribution in [0.25, 0.3) is 11.1 Å². The molecule has 124 valence electrons. The first-order valence-electron chi connectivity index (χ1n) is 8.56. The molecule has 0 bridgehead atoms. The fourth-order valence-corrected chi connectivity index (χ4v) is 3.19. The summed E-state index contributed by atoms with van der Waals surface area (Å²) in [5.74, 6) is 2.00. The lowest BCUT2D eigenvalue weighted by Crippen LogP contribution is -2.17. The second kappa shape index (κ2) is 8.21. The van der Waals surface area contributed by atoms with Crippen molar-refractivity contribution in [1.82, 2.24) is 0 Å². The van der Waals surface area contributed by atoms with Crippen molar-refractivity contribution in [3.63, 3.8) is 0 Å². The number of benzene rings is 2. The van der Waals surface area contributed by atoms with Crippen molar-refractivity contribution in [2.75, 3.05) is 13.2 Å². The highest BCUT2D eigenvalue weighted by atomic mass is 28.1. The first kappa shape index (κ1) is 17.6. The third-order valence-electron chi connectivity index (χ3n) is 4.22. The smallest absolute Gasteiger partial charge is 0.133 e. The standard InChI is InChI=1S/C20H28O2Si/c1-5-12-21-18-14(3)20(23)15(4)19(22-13-6-2)17(18)16-10-8-7-9-11-16/h7-11H,5-6,12-13H2,1-4,23H3. The Labute approximate surface area is 143 Å². The molecule has 0 N–H and O–H groups in total. The number of rotatable bonds is 7. The van der Waals surface area contributed by atoms with Crippen molar-refractivity contribution in [2.45, 2.75) is 40.5 Å². The molecule has 0 aromatic heterocycles. The highest BCUT2D eigenvalue weighted by Crippen LogP contribution is 2.42. The summed E-state index contributed by atoms with van der Waals surface area (Å²) in [5, 5.41) is 1.39.